The van der Waals surface area contributed by atoms with Gasteiger partial charge in [0.15, 0.2) is 0 Å². The van der Waals surface area contributed by atoms with Gasteiger partial charge in [0.25, 0.3) is 10.0 Å². The molecule has 8 heteroatoms. The van der Waals surface area contributed by atoms with Crippen LogP contribution in [0.1, 0.15) is 19.4 Å². The van der Waals surface area contributed by atoms with Crippen LogP contribution in [0.2, 0.25) is 5.02 Å². The van der Waals surface area contributed by atoms with E-state index in [0.29, 0.717) is 11.6 Å². The predicted molar refractivity (Wildman–Crippen MR) is 111 cm³/mol. The van der Waals surface area contributed by atoms with Crippen molar-refractivity contribution in [1.82, 2.24) is 8.43 Å². The number of rotatable bonds is 8. The third-order valence-corrected chi connectivity index (χ3v) is 7.14. The largest absolute Gasteiger partial charge is 0.260 e. The first-order valence-electron chi connectivity index (χ1n) is 8.10. The fourth-order valence-electron chi connectivity index (χ4n) is 2.13. The van der Waals surface area contributed by atoms with Crippen LogP contribution in [0.3, 0.4) is 0 Å². The third kappa shape index (κ3) is 5.56. The van der Waals surface area contributed by atoms with Gasteiger partial charge in [0.1, 0.15) is 0 Å². The summed E-state index contributed by atoms with van der Waals surface area (Å²) in [6.45, 7) is 6.03. The number of hydrogen-bond donors (Lipinski definition) is 1. The summed E-state index contributed by atoms with van der Waals surface area (Å²) in [5, 5.41) is 0.630. The first-order valence-corrected chi connectivity index (χ1v) is 10.7. The molecular weight excluding hydrogens is 390 g/mol. The highest BCUT2D eigenvalue weighted by Crippen LogP contribution is 2.24. The van der Waals surface area contributed by atoms with E-state index in [-0.39, 0.29) is 10.9 Å². The van der Waals surface area contributed by atoms with Crippen molar-refractivity contribution in [3.63, 3.8) is 0 Å². The summed E-state index contributed by atoms with van der Waals surface area (Å²) < 4.78 is 29.9. The monoisotopic (exact) mass is 411 g/mol. The predicted octanol–water partition coefficient (Wildman–Crippen LogP) is 4.60. The molecule has 0 heterocycles. The highest BCUT2D eigenvalue weighted by molar-refractivity contribution is 8.07. The Hall–Kier alpha value is -1.38. The second kappa shape index (κ2) is 9.53. The molecule has 2 rings (SSSR count). The number of sulfonamides is 1. The van der Waals surface area contributed by atoms with Crippen molar-refractivity contribution in [3.05, 3.63) is 59.1 Å². The smallest absolute Gasteiger partial charge is 0.253 e. The molecule has 0 aromatic heterocycles. The summed E-state index contributed by atoms with van der Waals surface area (Å²) in [5.41, 5.74) is 1.82. The molecule has 0 aliphatic carbocycles. The highest BCUT2D eigenvalue weighted by Gasteiger charge is 2.27. The van der Waals surface area contributed by atoms with Crippen LogP contribution >= 0.6 is 23.7 Å². The number of nitrogens with zero attached hydrogens (tertiary/aromatic N) is 2. The van der Waals surface area contributed by atoms with E-state index >= 15 is 0 Å². The molecule has 26 heavy (non-hydrogen) atoms. The van der Waals surface area contributed by atoms with E-state index in [9.17, 15) is 8.42 Å². The van der Waals surface area contributed by atoms with Crippen LogP contribution in [0.25, 0.3) is 0 Å². The Labute approximate surface area is 164 Å². The molecule has 0 saturated heterocycles. The Bertz CT molecular complexity index is 856. The molecule has 2 aromatic carbocycles. The van der Waals surface area contributed by atoms with E-state index in [1.807, 2.05) is 32.9 Å². The number of aliphatic imine (C=N–C) groups is 1. The van der Waals surface area contributed by atoms with Crippen molar-refractivity contribution >= 4 is 45.7 Å². The number of halogens is 1. The first kappa shape index (κ1) is 20.9. The van der Waals surface area contributed by atoms with Crippen molar-refractivity contribution in [3.8, 4) is 0 Å². The van der Waals surface area contributed by atoms with Crippen molar-refractivity contribution < 1.29 is 8.42 Å². The third-order valence-electron chi connectivity index (χ3n) is 3.43. The SMILES string of the molecule is Cc1ccc(Cl)cc1N=CCNSN(C(C)C)S(=O)(=O)c1ccccc1. The van der Waals surface area contributed by atoms with E-state index in [1.165, 1.54) is 3.71 Å². The van der Waals surface area contributed by atoms with Gasteiger partial charge < -0.3 is 0 Å². The van der Waals surface area contributed by atoms with Crippen LogP contribution < -0.4 is 4.72 Å². The van der Waals surface area contributed by atoms with Crippen LogP contribution in [-0.2, 0) is 10.0 Å². The van der Waals surface area contributed by atoms with Gasteiger partial charge in [0, 0.05) is 36.0 Å². The maximum atomic E-state index is 12.8. The average Bonchev–Trinajstić information content (AvgIpc) is 2.61. The van der Waals surface area contributed by atoms with Gasteiger partial charge in [-0.2, -0.15) is 0 Å². The molecule has 0 fully saturated rings. The van der Waals surface area contributed by atoms with Crippen LogP contribution in [0, 0.1) is 6.92 Å². The summed E-state index contributed by atoms with van der Waals surface area (Å²) in [4.78, 5) is 4.65. The van der Waals surface area contributed by atoms with E-state index in [2.05, 4.69) is 9.71 Å². The Morgan fingerprint density at radius 3 is 2.58 bits per heavy atom. The molecule has 0 aliphatic rings. The minimum absolute atomic E-state index is 0.204. The maximum absolute atomic E-state index is 12.8. The molecule has 0 aliphatic heterocycles. The molecule has 0 atom stereocenters. The quantitative estimate of drug-likeness (QED) is 0.391. The summed E-state index contributed by atoms with van der Waals surface area (Å²) in [5.74, 6) is 0. The van der Waals surface area contributed by atoms with Crippen LogP contribution in [0.15, 0.2) is 58.4 Å². The maximum Gasteiger partial charge on any atom is 0.253 e. The summed E-state index contributed by atoms with van der Waals surface area (Å²) in [6.07, 6.45) is 1.69. The van der Waals surface area contributed by atoms with E-state index < -0.39 is 10.0 Å². The van der Waals surface area contributed by atoms with E-state index in [4.69, 9.17) is 11.6 Å². The minimum atomic E-state index is -3.58. The molecule has 140 valence electrons. The molecule has 0 radical (unpaired) electrons. The normalized spacial score (nSPS) is 12.4. The fraction of sp³-hybridized carbons (Fsp3) is 0.278. The molecular formula is C18H22ClN3O2S2. The zero-order valence-electron chi connectivity index (χ0n) is 14.9. The zero-order chi connectivity index (χ0) is 19.2. The van der Waals surface area contributed by atoms with Crippen LogP contribution in [-0.4, -0.2) is 30.9 Å². The van der Waals surface area contributed by atoms with Gasteiger partial charge in [-0.05, 0) is 50.6 Å². The van der Waals surface area contributed by atoms with Gasteiger partial charge in [-0.25, -0.2) is 13.1 Å². The molecule has 1 N–H and O–H groups in total. The molecule has 0 bridgehead atoms. The second-order valence-electron chi connectivity index (χ2n) is 5.85. The van der Waals surface area contributed by atoms with Gasteiger partial charge in [0.05, 0.1) is 10.6 Å². The molecule has 0 saturated carbocycles. The first-order chi connectivity index (χ1) is 12.3. The van der Waals surface area contributed by atoms with Gasteiger partial charge in [0.2, 0.25) is 0 Å². The van der Waals surface area contributed by atoms with Crippen molar-refractivity contribution in [2.75, 3.05) is 6.54 Å². The summed E-state index contributed by atoms with van der Waals surface area (Å²) >= 11 is 7.03. The Kier molecular flexibility index (Phi) is 7.67. The Morgan fingerprint density at radius 2 is 1.92 bits per heavy atom. The molecule has 0 spiro atoms. The zero-order valence-corrected chi connectivity index (χ0v) is 17.3. The molecule has 0 amide bonds. The summed E-state index contributed by atoms with van der Waals surface area (Å²) in [7, 11) is -3.58. The van der Waals surface area contributed by atoms with Crippen molar-refractivity contribution in [2.24, 2.45) is 4.99 Å². The van der Waals surface area contributed by atoms with Gasteiger partial charge >= 0.3 is 0 Å². The lowest BCUT2D eigenvalue weighted by Gasteiger charge is -2.24. The van der Waals surface area contributed by atoms with Crippen LogP contribution in [0.4, 0.5) is 5.69 Å². The second-order valence-corrected chi connectivity index (χ2v) is 9.20. The van der Waals surface area contributed by atoms with Gasteiger partial charge in [-0.15, -0.1) is 3.71 Å². The fourth-order valence-corrected chi connectivity index (χ4v) is 4.86. The number of benzene rings is 2. The average molecular weight is 412 g/mol. The topological polar surface area (TPSA) is 61.8 Å². The lowest BCUT2D eigenvalue weighted by Crippen LogP contribution is -2.34. The number of aryl methyl sites for hydroxylation is 1. The standard InChI is InChI=1S/C18H22ClN3O2S2/c1-14(2)22(26(23,24)17-7-5-4-6-8-17)25-21-12-11-20-18-13-16(19)10-9-15(18)3/h4-11,13-14,21H,12H2,1-3H3. The van der Waals surface area contributed by atoms with Gasteiger partial charge in [-0.1, -0.05) is 35.9 Å². The lowest BCUT2D eigenvalue weighted by atomic mass is 10.2. The van der Waals surface area contributed by atoms with Crippen LogP contribution in [0.5, 0.6) is 0 Å². The number of nitrogens with one attached hydrogen (secondary N) is 1. The molecule has 2 aromatic rings. The van der Waals surface area contributed by atoms with Crippen molar-refractivity contribution in [2.45, 2.75) is 31.7 Å². The Morgan fingerprint density at radius 1 is 1.23 bits per heavy atom. The van der Waals surface area contributed by atoms with E-state index in [1.54, 1.807) is 42.6 Å². The van der Waals surface area contributed by atoms with E-state index in [0.717, 1.165) is 23.4 Å². The Balaban J connectivity index is 1.99. The van der Waals surface area contributed by atoms with Gasteiger partial charge in [-0.3, -0.25) is 4.99 Å². The van der Waals surface area contributed by atoms with Crippen molar-refractivity contribution in [1.29, 1.82) is 0 Å². The highest BCUT2D eigenvalue weighted by atomic mass is 35.5. The number of hydrogen-bond acceptors (Lipinski definition) is 5. The molecule has 5 nitrogen and oxygen atoms in total. The summed E-state index contributed by atoms with van der Waals surface area (Å²) in [6, 6.07) is 13.7. The minimum Gasteiger partial charge on any atom is -0.260 e. The lowest BCUT2D eigenvalue weighted by molar-refractivity contribution is 0.500. The molecule has 0 unspecified atom stereocenters.